The van der Waals surface area contributed by atoms with E-state index in [9.17, 15) is 18.4 Å². The summed E-state index contributed by atoms with van der Waals surface area (Å²) in [5.74, 6) is 0.502. The fourth-order valence-corrected chi connectivity index (χ4v) is 3.81. The van der Waals surface area contributed by atoms with E-state index in [0.29, 0.717) is 25.6 Å². The number of ether oxygens (including phenoxy) is 1. The number of hydrogen-bond donors (Lipinski definition) is 0. The minimum atomic E-state index is -2.71. The zero-order chi connectivity index (χ0) is 19.3. The number of rotatable bonds is 5. The Balaban J connectivity index is 1.74. The molecule has 7 nitrogen and oxygen atoms in total. The fraction of sp³-hybridized carbons (Fsp3) is 0.722. The van der Waals surface area contributed by atoms with Gasteiger partial charge in [0.05, 0.1) is 32.3 Å². The van der Waals surface area contributed by atoms with Crippen LogP contribution in [0.15, 0.2) is 10.9 Å². The highest BCUT2D eigenvalue weighted by atomic mass is 19.3. The van der Waals surface area contributed by atoms with Crippen molar-refractivity contribution in [1.82, 2.24) is 9.55 Å². The highest BCUT2D eigenvalue weighted by Crippen LogP contribution is 2.38. The van der Waals surface area contributed by atoms with Crippen LogP contribution in [-0.2, 0) is 16.1 Å². The SMILES string of the molecule is CC1COCCN1c1cc(=O)n2c(n1)N(CC(=O)C1CC1)C(C)(C(F)F)C2. The largest absolute Gasteiger partial charge is 0.377 e. The van der Waals surface area contributed by atoms with Crippen LogP contribution in [-0.4, -0.2) is 59.6 Å². The topological polar surface area (TPSA) is 67.7 Å². The first kappa shape index (κ1) is 18.3. The summed E-state index contributed by atoms with van der Waals surface area (Å²) in [4.78, 5) is 32.9. The lowest BCUT2D eigenvalue weighted by Gasteiger charge is -2.35. The normalized spacial score (nSPS) is 28.0. The number of Topliss-reactive ketones (excluding diaryl/α,β-unsaturated/α-hetero) is 1. The second-order valence-corrected chi connectivity index (χ2v) is 7.94. The summed E-state index contributed by atoms with van der Waals surface area (Å²) < 4.78 is 34.6. The zero-order valence-electron chi connectivity index (χ0n) is 15.5. The second kappa shape index (κ2) is 6.54. The Morgan fingerprint density at radius 1 is 1.44 bits per heavy atom. The maximum absolute atomic E-state index is 13.9. The van der Waals surface area contributed by atoms with E-state index in [1.54, 1.807) is 0 Å². The third-order valence-corrected chi connectivity index (χ3v) is 5.79. The molecule has 1 saturated carbocycles. The number of nitrogens with zero attached hydrogens (tertiary/aromatic N) is 4. The van der Waals surface area contributed by atoms with Gasteiger partial charge in [0.1, 0.15) is 11.4 Å². The predicted octanol–water partition coefficient (Wildman–Crippen LogP) is 1.29. The van der Waals surface area contributed by atoms with Gasteiger partial charge in [0.15, 0.2) is 5.78 Å². The molecule has 0 N–H and O–H groups in total. The van der Waals surface area contributed by atoms with E-state index in [1.165, 1.54) is 22.5 Å². The number of anilines is 2. The van der Waals surface area contributed by atoms with E-state index < -0.39 is 12.0 Å². The number of aromatic nitrogens is 2. The van der Waals surface area contributed by atoms with Crippen molar-refractivity contribution in [2.45, 2.75) is 51.2 Å². The molecular formula is C18H24F2N4O3. The Hall–Kier alpha value is -2.03. The van der Waals surface area contributed by atoms with E-state index in [-0.39, 0.29) is 42.3 Å². The molecule has 0 amide bonds. The van der Waals surface area contributed by atoms with Crippen LogP contribution in [0.3, 0.4) is 0 Å². The van der Waals surface area contributed by atoms with E-state index in [4.69, 9.17) is 4.74 Å². The number of fused-ring (bicyclic) bond motifs is 1. The van der Waals surface area contributed by atoms with Crippen LogP contribution in [0.25, 0.3) is 0 Å². The third kappa shape index (κ3) is 3.11. The van der Waals surface area contributed by atoms with Gasteiger partial charge in [-0.25, -0.2) is 8.78 Å². The van der Waals surface area contributed by atoms with Crippen LogP contribution in [0.5, 0.6) is 0 Å². The Morgan fingerprint density at radius 3 is 2.81 bits per heavy atom. The molecule has 3 heterocycles. The summed E-state index contributed by atoms with van der Waals surface area (Å²) >= 11 is 0. The smallest absolute Gasteiger partial charge is 0.262 e. The molecule has 3 aliphatic rings. The van der Waals surface area contributed by atoms with Gasteiger partial charge >= 0.3 is 0 Å². The molecule has 1 aromatic rings. The lowest BCUT2D eigenvalue weighted by atomic mass is 10.0. The molecule has 9 heteroatoms. The molecule has 1 saturated heterocycles. The first-order valence-electron chi connectivity index (χ1n) is 9.36. The molecule has 0 spiro atoms. The highest BCUT2D eigenvalue weighted by Gasteiger charge is 2.50. The number of alkyl halides is 2. The van der Waals surface area contributed by atoms with Crippen molar-refractivity contribution in [3.63, 3.8) is 0 Å². The maximum Gasteiger partial charge on any atom is 0.262 e. The van der Waals surface area contributed by atoms with Crippen LogP contribution in [0.4, 0.5) is 20.5 Å². The van der Waals surface area contributed by atoms with Crippen molar-refractivity contribution in [2.24, 2.45) is 5.92 Å². The molecule has 27 heavy (non-hydrogen) atoms. The first-order chi connectivity index (χ1) is 12.8. The minimum Gasteiger partial charge on any atom is -0.377 e. The molecule has 2 fully saturated rings. The van der Waals surface area contributed by atoms with Gasteiger partial charge in [-0.1, -0.05) is 0 Å². The summed E-state index contributed by atoms with van der Waals surface area (Å²) in [6, 6.07) is 1.42. The molecule has 2 unspecified atom stereocenters. The number of hydrogen-bond acceptors (Lipinski definition) is 6. The standard InChI is InChI=1S/C18H24F2N4O3/c1-11-9-27-6-5-22(11)14-7-15(26)23-10-18(2,16(19)20)24(17(23)21-14)8-13(25)12-3-4-12/h7,11-12,16H,3-6,8-10H2,1-2H3. The van der Waals surface area contributed by atoms with Crippen LogP contribution in [0, 0.1) is 5.92 Å². The molecule has 0 bridgehead atoms. The van der Waals surface area contributed by atoms with Crippen molar-refractivity contribution >= 4 is 17.5 Å². The Morgan fingerprint density at radius 2 is 2.19 bits per heavy atom. The van der Waals surface area contributed by atoms with E-state index in [2.05, 4.69) is 4.98 Å². The maximum atomic E-state index is 13.9. The van der Waals surface area contributed by atoms with E-state index >= 15 is 0 Å². The summed E-state index contributed by atoms with van der Waals surface area (Å²) in [6.45, 7) is 4.64. The van der Waals surface area contributed by atoms with Crippen molar-refractivity contribution in [1.29, 1.82) is 0 Å². The molecule has 1 aromatic heterocycles. The van der Waals surface area contributed by atoms with E-state index in [0.717, 1.165) is 12.8 Å². The third-order valence-electron chi connectivity index (χ3n) is 5.79. The van der Waals surface area contributed by atoms with Gasteiger partial charge in [-0.3, -0.25) is 14.2 Å². The van der Waals surface area contributed by atoms with Gasteiger partial charge in [-0.15, -0.1) is 0 Å². The van der Waals surface area contributed by atoms with Crippen LogP contribution in [0.1, 0.15) is 26.7 Å². The van der Waals surface area contributed by atoms with E-state index in [1.807, 2.05) is 11.8 Å². The molecule has 1 aliphatic carbocycles. The number of carbonyl (C=O) groups is 1. The average molecular weight is 382 g/mol. The lowest BCUT2D eigenvalue weighted by molar-refractivity contribution is -0.119. The van der Waals surface area contributed by atoms with Crippen LogP contribution < -0.4 is 15.4 Å². The van der Waals surface area contributed by atoms with Gasteiger partial charge in [0, 0.05) is 18.5 Å². The molecule has 148 valence electrons. The molecule has 0 radical (unpaired) electrons. The fourth-order valence-electron chi connectivity index (χ4n) is 3.81. The molecule has 4 rings (SSSR count). The van der Waals surface area contributed by atoms with Crippen molar-refractivity contribution in [3.8, 4) is 0 Å². The van der Waals surface area contributed by atoms with Crippen molar-refractivity contribution in [3.05, 3.63) is 16.4 Å². The highest BCUT2D eigenvalue weighted by molar-refractivity contribution is 5.87. The minimum absolute atomic E-state index is 0.0260. The lowest BCUT2D eigenvalue weighted by Crippen LogP contribution is -2.52. The predicted molar refractivity (Wildman–Crippen MR) is 95.6 cm³/mol. The van der Waals surface area contributed by atoms with Crippen molar-refractivity contribution in [2.75, 3.05) is 36.1 Å². The van der Waals surface area contributed by atoms with Crippen LogP contribution in [0.2, 0.25) is 0 Å². The summed E-state index contributed by atoms with van der Waals surface area (Å²) in [7, 11) is 0. The molecule has 2 atom stereocenters. The zero-order valence-corrected chi connectivity index (χ0v) is 15.5. The van der Waals surface area contributed by atoms with Gasteiger partial charge in [-0.05, 0) is 26.7 Å². The van der Waals surface area contributed by atoms with Gasteiger partial charge in [0.25, 0.3) is 12.0 Å². The summed E-state index contributed by atoms with van der Waals surface area (Å²) in [5, 5.41) is 0. The molecule has 0 aromatic carbocycles. The van der Waals surface area contributed by atoms with Gasteiger partial charge in [0.2, 0.25) is 5.95 Å². The Bertz CT molecular complexity index is 810. The van der Waals surface area contributed by atoms with Gasteiger partial charge in [-0.2, -0.15) is 4.98 Å². The number of ketones is 1. The monoisotopic (exact) mass is 382 g/mol. The van der Waals surface area contributed by atoms with Gasteiger partial charge < -0.3 is 14.5 Å². The Kier molecular flexibility index (Phi) is 4.44. The van der Waals surface area contributed by atoms with Crippen LogP contribution >= 0.6 is 0 Å². The Labute approximate surface area is 155 Å². The summed E-state index contributed by atoms with van der Waals surface area (Å²) in [5.41, 5.74) is -2.00. The quantitative estimate of drug-likeness (QED) is 0.765. The molecule has 2 aliphatic heterocycles. The summed E-state index contributed by atoms with van der Waals surface area (Å²) in [6.07, 6.45) is -1.09. The van der Waals surface area contributed by atoms with Crippen molar-refractivity contribution < 1.29 is 18.3 Å². The average Bonchev–Trinajstić information content (AvgIpc) is 3.42. The number of morpholine rings is 1. The number of halogens is 2. The number of carbonyl (C=O) groups excluding carboxylic acids is 1. The molecular weight excluding hydrogens is 358 g/mol. The second-order valence-electron chi connectivity index (χ2n) is 7.94. The first-order valence-corrected chi connectivity index (χ1v) is 9.36.